The molecule has 0 amide bonds. The fraction of sp³-hybridized carbons (Fsp3) is 0.0667. The van der Waals surface area contributed by atoms with Gasteiger partial charge in [0.1, 0.15) is 15.5 Å². The van der Waals surface area contributed by atoms with Gasteiger partial charge in [0, 0.05) is 23.1 Å². The van der Waals surface area contributed by atoms with Crippen LogP contribution >= 0.6 is 11.3 Å². The molecule has 3 heterocycles. The molecule has 0 aliphatic rings. The highest BCUT2D eigenvalue weighted by molar-refractivity contribution is 7.21. The summed E-state index contributed by atoms with van der Waals surface area (Å²) < 4.78 is 11.3. The lowest BCUT2D eigenvalue weighted by Gasteiger charge is -2.09. The number of methoxy groups -OCH3 is 1. The molecule has 0 aliphatic carbocycles. The maximum atomic E-state index is 13.8. The monoisotopic (exact) mass is 534 g/mol. The van der Waals surface area contributed by atoms with Crippen LogP contribution in [0.1, 0.15) is 20.9 Å². The van der Waals surface area contributed by atoms with Gasteiger partial charge in [-0.3, -0.25) is 4.79 Å². The van der Waals surface area contributed by atoms with E-state index in [2.05, 4.69) is 5.27 Å². The van der Waals surface area contributed by atoms with Crippen molar-refractivity contribution in [2.75, 3.05) is 12.8 Å². The van der Waals surface area contributed by atoms with Crippen LogP contribution in [0, 0.1) is 6.92 Å². The molecule has 0 spiro atoms. The Morgan fingerprint density at radius 1 is 1.00 bits per heavy atom. The molecule has 0 unspecified atom stereocenters. The maximum absolute atomic E-state index is 13.8. The van der Waals surface area contributed by atoms with Gasteiger partial charge < -0.3 is 20.1 Å². The zero-order chi connectivity index (χ0) is 27.1. The number of nitrogens with zero attached hydrogens (tertiary/aromatic N) is 3. The molecule has 39 heavy (non-hydrogen) atoms. The third-order valence-electron chi connectivity index (χ3n) is 6.48. The van der Waals surface area contributed by atoms with Crippen molar-refractivity contribution in [3.05, 3.63) is 101 Å². The van der Waals surface area contributed by atoms with Crippen LogP contribution in [-0.2, 0) is 0 Å². The Bertz CT molecular complexity index is 1830. The number of ether oxygens (including phenoxy) is 1. The second-order valence-corrected chi connectivity index (χ2v) is 9.96. The quantitative estimate of drug-likeness (QED) is 0.233. The number of aryl methyl sites for hydroxylation is 1. The minimum absolute atomic E-state index is 0.193. The molecule has 3 aromatic carbocycles. The Labute approximate surface area is 227 Å². The Morgan fingerprint density at radius 2 is 1.72 bits per heavy atom. The van der Waals surface area contributed by atoms with Crippen molar-refractivity contribution < 1.29 is 23.8 Å². The third kappa shape index (κ3) is 4.28. The highest BCUT2D eigenvalue weighted by Gasteiger charge is 2.33. The number of nitrogen functional groups attached to an aromatic ring is 1. The number of benzene rings is 3. The molecular weight excluding hydrogens is 512 g/mol. The number of hydrogen-bond donors (Lipinski definition) is 1. The van der Waals surface area contributed by atoms with Crippen molar-refractivity contribution in [2.24, 2.45) is 0 Å². The lowest BCUT2D eigenvalue weighted by Crippen LogP contribution is -2.39. The normalized spacial score (nSPS) is 11.1. The molecule has 0 saturated heterocycles. The summed E-state index contributed by atoms with van der Waals surface area (Å²) in [7, 11) is 1.55. The number of rotatable bonds is 6. The van der Waals surface area contributed by atoms with Crippen molar-refractivity contribution in [2.45, 2.75) is 6.92 Å². The summed E-state index contributed by atoms with van der Waals surface area (Å²) in [5.41, 5.74) is 11.7. The second-order valence-electron chi connectivity index (χ2n) is 8.96. The van der Waals surface area contributed by atoms with Crippen LogP contribution in [-0.4, -0.2) is 23.1 Å². The number of thiophene rings is 1. The molecule has 0 saturated carbocycles. The number of carbonyl (C=O) groups excluding carboxylic acids is 1. The van der Waals surface area contributed by atoms with E-state index in [9.17, 15) is 9.90 Å². The summed E-state index contributed by atoms with van der Waals surface area (Å²) in [4.78, 5) is 19.5. The van der Waals surface area contributed by atoms with Gasteiger partial charge in [0.2, 0.25) is 5.69 Å². The van der Waals surface area contributed by atoms with Gasteiger partial charge in [-0.25, -0.2) is 4.98 Å². The largest absolute Gasteiger partial charge is 0.539 e. The van der Waals surface area contributed by atoms with Crippen molar-refractivity contribution in [1.82, 2.24) is 10.3 Å². The van der Waals surface area contributed by atoms with E-state index in [0.29, 0.717) is 21.7 Å². The molecule has 6 aromatic rings. The Kier molecular flexibility index (Phi) is 6.05. The van der Waals surface area contributed by atoms with Gasteiger partial charge in [-0.05, 0) is 40.9 Å². The van der Waals surface area contributed by atoms with E-state index >= 15 is 0 Å². The molecule has 8 nitrogen and oxygen atoms in total. The fourth-order valence-corrected chi connectivity index (χ4v) is 5.51. The van der Waals surface area contributed by atoms with Crippen molar-refractivity contribution in [1.29, 1.82) is 0 Å². The second kappa shape index (κ2) is 9.70. The summed E-state index contributed by atoms with van der Waals surface area (Å²) in [5.74, 6) is -0.825. The first-order chi connectivity index (χ1) is 18.9. The topological polar surface area (TPSA) is 118 Å². The van der Waals surface area contributed by atoms with Gasteiger partial charge in [-0.2, -0.15) is 0 Å². The van der Waals surface area contributed by atoms with E-state index in [1.807, 2.05) is 67.6 Å². The number of pyridine rings is 1. The molecule has 0 aliphatic heterocycles. The summed E-state index contributed by atoms with van der Waals surface area (Å²) in [6.07, 6.45) is 0. The van der Waals surface area contributed by atoms with Crippen LogP contribution in [0.4, 0.5) is 5.69 Å². The first-order valence-electron chi connectivity index (χ1n) is 12.1. The number of anilines is 1. The number of ketones is 1. The van der Waals surface area contributed by atoms with E-state index in [-0.39, 0.29) is 16.3 Å². The van der Waals surface area contributed by atoms with Crippen LogP contribution in [0.25, 0.3) is 38.3 Å². The van der Waals surface area contributed by atoms with Crippen LogP contribution in [0.15, 0.2) is 89.5 Å². The molecule has 6 rings (SSSR count). The highest BCUT2D eigenvalue weighted by Crippen LogP contribution is 2.42. The zero-order valence-corrected chi connectivity index (χ0v) is 21.9. The molecule has 192 valence electrons. The summed E-state index contributed by atoms with van der Waals surface area (Å²) in [5, 5.41) is 17.2. The van der Waals surface area contributed by atoms with E-state index in [1.165, 1.54) is 4.68 Å². The standard InChI is InChI=1S/C30H22N4O4S/c1-17-8-10-18(11-9-17)22-16-23(19-6-4-3-5-7-19)32-29-24(22)25(31)28(39-29)27(35)26-30(36)38-33-34(26)20-12-14-21(37-2)15-13-20/h3-16H,1-2H3,(H2-,31,33,35,36). The molecule has 2 N–H and O–H groups in total. The summed E-state index contributed by atoms with van der Waals surface area (Å²) >= 11 is 1.14. The molecule has 0 atom stereocenters. The van der Waals surface area contributed by atoms with Gasteiger partial charge in [0.05, 0.1) is 23.8 Å². The van der Waals surface area contributed by atoms with E-state index in [0.717, 1.165) is 39.3 Å². The van der Waals surface area contributed by atoms with Crippen LogP contribution < -0.4 is 20.3 Å². The molecule has 0 bridgehead atoms. The van der Waals surface area contributed by atoms with E-state index < -0.39 is 11.7 Å². The summed E-state index contributed by atoms with van der Waals surface area (Å²) in [6.45, 7) is 2.02. The highest BCUT2D eigenvalue weighted by atomic mass is 32.1. The van der Waals surface area contributed by atoms with E-state index in [4.69, 9.17) is 20.0 Å². The molecule has 9 heteroatoms. The molecule has 0 fully saturated rings. The number of aromatic nitrogens is 3. The Hall–Kier alpha value is -5.02. The zero-order valence-electron chi connectivity index (χ0n) is 21.0. The van der Waals surface area contributed by atoms with Gasteiger partial charge >= 0.3 is 5.69 Å². The smallest absolute Gasteiger partial charge is 0.312 e. The number of fused-ring (bicyclic) bond motifs is 1. The van der Waals surface area contributed by atoms with Gasteiger partial charge in [-0.1, -0.05) is 60.2 Å². The first kappa shape index (κ1) is 24.3. The van der Waals surface area contributed by atoms with Crippen molar-refractivity contribution in [3.8, 4) is 39.8 Å². The first-order valence-corrected chi connectivity index (χ1v) is 12.9. The predicted octanol–water partition coefficient (Wildman–Crippen LogP) is 5.10. The van der Waals surface area contributed by atoms with Gasteiger partial charge in [-0.15, -0.1) is 11.3 Å². The lowest BCUT2D eigenvalue weighted by molar-refractivity contribution is -0.672. The minimum atomic E-state index is -0.857. The number of nitrogens with two attached hydrogens (primary N) is 1. The molecule has 0 radical (unpaired) electrons. The van der Waals surface area contributed by atoms with Crippen LogP contribution in [0.5, 0.6) is 11.7 Å². The van der Waals surface area contributed by atoms with Gasteiger partial charge in [0.15, 0.2) is 5.95 Å². The van der Waals surface area contributed by atoms with Crippen molar-refractivity contribution in [3.63, 3.8) is 0 Å². The van der Waals surface area contributed by atoms with Crippen LogP contribution in [0.3, 0.4) is 0 Å². The Balaban J connectivity index is 1.54. The maximum Gasteiger partial charge on any atom is 0.312 e. The van der Waals surface area contributed by atoms with Crippen LogP contribution in [0.2, 0.25) is 0 Å². The average molecular weight is 535 g/mol. The van der Waals surface area contributed by atoms with Gasteiger partial charge in [0.25, 0.3) is 5.78 Å². The SMILES string of the molecule is COc1ccc(-[n+]2noc([O-])c2C(=O)c2sc3nc(-c4ccccc4)cc(-c4ccc(C)cc4)c3c2N)cc1. The molecule has 3 aromatic heterocycles. The number of carbonyl (C=O) groups is 1. The Morgan fingerprint density at radius 3 is 2.41 bits per heavy atom. The summed E-state index contributed by atoms with van der Waals surface area (Å²) in [6, 6.07) is 26.6. The average Bonchev–Trinajstić information content (AvgIpc) is 3.52. The lowest BCUT2D eigenvalue weighted by atomic mass is 9.98. The number of hydrogen-bond acceptors (Lipinski definition) is 8. The predicted molar refractivity (Wildman–Crippen MR) is 147 cm³/mol. The molecular formula is C30H22N4O4S. The minimum Gasteiger partial charge on any atom is -0.539 e. The van der Waals surface area contributed by atoms with E-state index in [1.54, 1.807) is 31.4 Å². The fourth-order valence-electron chi connectivity index (χ4n) is 4.45. The van der Waals surface area contributed by atoms with Crippen molar-refractivity contribution >= 4 is 33.0 Å². The third-order valence-corrected chi connectivity index (χ3v) is 7.58.